The molecule has 1 aliphatic heterocycles. The van der Waals surface area contributed by atoms with Crippen molar-refractivity contribution in [3.05, 3.63) is 23.2 Å². The summed E-state index contributed by atoms with van der Waals surface area (Å²) in [6, 6.07) is 5.77. The van der Waals surface area contributed by atoms with E-state index in [9.17, 15) is 0 Å². The Labute approximate surface area is 116 Å². The van der Waals surface area contributed by atoms with E-state index < -0.39 is 0 Å². The molecule has 0 saturated carbocycles. The molecule has 1 aromatic carbocycles. The quantitative estimate of drug-likeness (QED) is 0.915. The van der Waals surface area contributed by atoms with Crippen molar-refractivity contribution in [2.24, 2.45) is 0 Å². The van der Waals surface area contributed by atoms with Crippen LogP contribution in [0.15, 0.2) is 18.2 Å². The van der Waals surface area contributed by atoms with Gasteiger partial charge < -0.3 is 10.3 Å². The molecule has 2 aromatic rings. The predicted molar refractivity (Wildman–Crippen MR) is 79.3 cm³/mol. The maximum Gasteiger partial charge on any atom is 0.201 e. The van der Waals surface area contributed by atoms with Gasteiger partial charge >= 0.3 is 0 Å². The Bertz CT molecular complexity index is 587. The molecule has 18 heavy (non-hydrogen) atoms. The fourth-order valence-electron chi connectivity index (χ4n) is 2.58. The number of hydrogen-bond acceptors (Lipinski definition) is 3. The summed E-state index contributed by atoms with van der Waals surface area (Å²) in [6.07, 6.45) is 2.53. The summed E-state index contributed by atoms with van der Waals surface area (Å²) in [5.74, 6) is 1.83. The van der Waals surface area contributed by atoms with Gasteiger partial charge in [0.1, 0.15) is 0 Å². The zero-order valence-electron chi connectivity index (χ0n) is 10.3. The summed E-state index contributed by atoms with van der Waals surface area (Å²) in [7, 11) is 0. The summed E-state index contributed by atoms with van der Waals surface area (Å²) < 4.78 is 2.39. The number of thioether (sulfide) groups is 1. The maximum atomic E-state index is 6.04. The van der Waals surface area contributed by atoms with Crippen molar-refractivity contribution in [3.8, 4) is 0 Å². The minimum absolute atomic E-state index is 0.279. The van der Waals surface area contributed by atoms with Crippen LogP contribution in [0.1, 0.15) is 19.8 Å². The first kappa shape index (κ1) is 12.2. The van der Waals surface area contributed by atoms with E-state index in [-0.39, 0.29) is 4.75 Å². The van der Waals surface area contributed by atoms with Gasteiger partial charge in [-0.3, -0.25) is 0 Å². The molecule has 2 N–H and O–H groups in total. The number of nitrogen functional groups attached to an aromatic ring is 1. The molecular formula is C13H16ClN3S. The first-order chi connectivity index (χ1) is 8.57. The lowest BCUT2D eigenvalue weighted by atomic mass is 10.1. The van der Waals surface area contributed by atoms with Crippen LogP contribution < -0.4 is 5.73 Å². The van der Waals surface area contributed by atoms with Crippen molar-refractivity contribution in [1.82, 2.24) is 9.55 Å². The highest BCUT2D eigenvalue weighted by atomic mass is 35.5. The molecule has 1 saturated heterocycles. The van der Waals surface area contributed by atoms with Crippen LogP contribution in [0.4, 0.5) is 5.95 Å². The average Bonchev–Trinajstić information content (AvgIpc) is 2.85. The molecule has 0 radical (unpaired) electrons. The number of rotatable bonds is 2. The summed E-state index contributed by atoms with van der Waals surface area (Å²) >= 11 is 8.02. The van der Waals surface area contributed by atoms with Crippen LogP contribution in [-0.2, 0) is 6.54 Å². The molecule has 96 valence electrons. The Morgan fingerprint density at radius 3 is 3.11 bits per heavy atom. The zero-order valence-corrected chi connectivity index (χ0v) is 11.9. The van der Waals surface area contributed by atoms with Gasteiger partial charge in [0.05, 0.1) is 11.0 Å². The summed E-state index contributed by atoms with van der Waals surface area (Å²) in [5.41, 5.74) is 8.00. The first-order valence-electron chi connectivity index (χ1n) is 6.13. The van der Waals surface area contributed by atoms with Crippen LogP contribution >= 0.6 is 23.4 Å². The second-order valence-corrected chi connectivity index (χ2v) is 7.21. The molecule has 2 heterocycles. The lowest BCUT2D eigenvalue weighted by Crippen LogP contribution is -2.24. The fourth-order valence-corrected chi connectivity index (χ4v) is 4.04. The van der Waals surface area contributed by atoms with E-state index in [2.05, 4.69) is 16.5 Å². The number of imidazole rings is 1. The standard InChI is InChI=1S/C13H16ClN3S/c1-13(5-2-6-18-13)8-17-11-4-3-9(14)7-10(11)16-12(17)15/h3-4,7H,2,5-6,8H2,1H3,(H2,15,16). The average molecular weight is 282 g/mol. The molecule has 0 aliphatic carbocycles. The van der Waals surface area contributed by atoms with Gasteiger partial charge in [0.2, 0.25) is 5.95 Å². The third-order valence-electron chi connectivity index (χ3n) is 3.53. The molecule has 0 spiro atoms. The van der Waals surface area contributed by atoms with E-state index in [1.807, 2.05) is 30.0 Å². The van der Waals surface area contributed by atoms with Crippen LogP contribution in [0.3, 0.4) is 0 Å². The number of halogens is 1. The third-order valence-corrected chi connectivity index (χ3v) is 5.29. The van der Waals surface area contributed by atoms with E-state index in [1.165, 1.54) is 18.6 Å². The van der Waals surface area contributed by atoms with Crippen molar-refractivity contribution in [2.75, 3.05) is 11.5 Å². The SMILES string of the molecule is CC1(Cn2c(N)nc3cc(Cl)ccc32)CCCS1. The van der Waals surface area contributed by atoms with Gasteiger partial charge in [-0.2, -0.15) is 11.8 Å². The number of hydrogen-bond donors (Lipinski definition) is 1. The highest BCUT2D eigenvalue weighted by Gasteiger charge is 2.31. The van der Waals surface area contributed by atoms with Gasteiger partial charge in [0.25, 0.3) is 0 Å². The highest BCUT2D eigenvalue weighted by molar-refractivity contribution is 8.00. The number of nitrogens with two attached hydrogens (primary N) is 1. The third kappa shape index (κ3) is 2.08. The molecule has 0 amide bonds. The van der Waals surface area contributed by atoms with Gasteiger partial charge in [-0.15, -0.1) is 0 Å². The molecule has 5 heteroatoms. The Kier molecular flexibility index (Phi) is 2.94. The smallest absolute Gasteiger partial charge is 0.201 e. The van der Waals surface area contributed by atoms with E-state index in [4.69, 9.17) is 17.3 Å². The highest BCUT2D eigenvalue weighted by Crippen LogP contribution is 2.40. The molecule has 0 bridgehead atoms. The minimum atomic E-state index is 0.279. The molecule has 1 unspecified atom stereocenters. The van der Waals surface area contributed by atoms with Crippen molar-refractivity contribution in [1.29, 1.82) is 0 Å². The van der Waals surface area contributed by atoms with Gasteiger partial charge in [-0.25, -0.2) is 4.98 Å². The number of anilines is 1. The molecule has 3 nitrogen and oxygen atoms in total. The second kappa shape index (κ2) is 4.35. The van der Waals surface area contributed by atoms with Crippen molar-refractivity contribution in [3.63, 3.8) is 0 Å². The topological polar surface area (TPSA) is 43.8 Å². The van der Waals surface area contributed by atoms with Crippen LogP contribution in [0, 0.1) is 0 Å². The minimum Gasteiger partial charge on any atom is -0.369 e. The molecule has 1 fully saturated rings. The lowest BCUT2D eigenvalue weighted by Gasteiger charge is -2.24. The predicted octanol–water partition coefficient (Wildman–Crippen LogP) is 3.56. The lowest BCUT2D eigenvalue weighted by molar-refractivity contribution is 0.522. The summed E-state index contributed by atoms with van der Waals surface area (Å²) in [6.45, 7) is 3.23. The molecule has 1 aromatic heterocycles. The normalized spacial score (nSPS) is 23.9. The number of nitrogens with zero attached hydrogens (tertiary/aromatic N) is 2. The summed E-state index contributed by atoms with van der Waals surface area (Å²) in [4.78, 5) is 4.39. The molecular weight excluding hydrogens is 266 g/mol. The number of benzene rings is 1. The molecule has 1 aliphatic rings. The monoisotopic (exact) mass is 281 g/mol. The largest absolute Gasteiger partial charge is 0.369 e. The van der Waals surface area contributed by atoms with Crippen LogP contribution in [0.2, 0.25) is 5.02 Å². The van der Waals surface area contributed by atoms with Crippen molar-refractivity contribution in [2.45, 2.75) is 31.1 Å². The Morgan fingerprint density at radius 2 is 2.39 bits per heavy atom. The fraction of sp³-hybridized carbons (Fsp3) is 0.462. The number of aromatic nitrogens is 2. The van der Waals surface area contributed by atoms with Gasteiger partial charge in [0.15, 0.2) is 0 Å². The van der Waals surface area contributed by atoms with Crippen LogP contribution in [0.5, 0.6) is 0 Å². The van der Waals surface area contributed by atoms with E-state index in [0.717, 1.165) is 17.6 Å². The summed E-state index contributed by atoms with van der Waals surface area (Å²) in [5, 5.41) is 0.702. The van der Waals surface area contributed by atoms with E-state index in [1.54, 1.807) is 0 Å². The van der Waals surface area contributed by atoms with Gasteiger partial charge in [-0.1, -0.05) is 11.6 Å². The first-order valence-corrected chi connectivity index (χ1v) is 7.49. The van der Waals surface area contributed by atoms with Crippen molar-refractivity contribution < 1.29 is 0 Å². The van der Waals surface area contributed by atoms with Gasteiger partial charge in [-0.05, 0) is 43.7 Å². The van der Waals surface area contributed by atoms with Gasteiger partial charge in [0, 0.05) is 16.3 Å². The van der Waals surface area contributed by atoms with E-state index >= 15 is 0 Å². The zero-order chi connectivity index (χ0) is 12.8. The maximum absolute atomic E-state index is 6.04. The Hall–Kier alpha value is -0.870. The van der Waals surface area contributed by atoms with Crippen molar-refractivity contribution >= 4 is 40.3 Å². The Morgan fingerprint density at radius 1 is 1.56 bits per heavy atom. The molecule has 1 atom stereocenters. The molecule has 3 rings (SSSR count). The number of fused-ring (bicyclic) bond motifs is 1. The van der Waals surface area contributed by atoms with Crippen LogP contribution in [-0.4, -0.2) is 20.1 Å². The Balaban J connectivity index is 2.03. The van der Waals surface area contributed by atoms with E-state index in [0.29, 0.717) is 11.0 Å². The van der Waals surface area contributed by atoms with Crippen LogP contribution in [0.25, 0.3) is 11.0 Å². The second-order valence-electron chi connectivity index (χ2n) is 5.09.